The monoisotopic (exact) mass is 243 g/mol. The Hall–Kier alpha value is -0.200. The zero-order valence-electron chi connectivity index (χ0n) is 10.6. The molecule has 97 valence electrons. The molecule has 0 saturated carbocycles. The van der Waals surface area contributed by atoms with Crippen LogP contribution in [0.2, 0.25) is 0 Å². The first-order valence-electron chi connectivity index (χ1n) is 5.97. The summed E-state index contributed by atoms with van der Waals surface area (Å²) >= 11 is 0. The third-order valence-corrected chi connectivity index (χ3v) is 3.25. The van der Waals surface area contributed by atoms with Crippen LogP contribution in [0.1, 0.15) is 27.7 Å². The van der Waals surface area contributed by atoms with Crippen molar-refractivity contribution in [3.8, 4) is 0 Å². The van der Waals surface area contributed by atoms with Gasteiger partial charge in [-0.15, -0.1) is 0 Å². The molecule has 0 N–H and O–H groups in total. The molecule has 3 saturated heterocycles. The fourth-order valence-corrected chi connectivity index (χ4v) is 2.69. The summed E-state index contributed by atoms with van der Waals surface area (Å²) in [5, 5.41) is 0. The van der Waals surface area contributed by atoms with Gasteiger partial charge < -0.3 is 23.7 Å². The molecule has 0 amide bonds. The van der Waals surface area contributed by atoms with Gasteiger partial charge in [0.25, 0.3) is 0 Å². The van der Waals surface area contributed by atoms with Crippen molar-refractivity contribution in [3.63, 3.8) is 0 Å². The first kappa shape index (κ1) is 11.9. The van der Waals surface area contributed by atoms with Gasteiger partial charge in [-0.3, -0.25) is 0 Å². The summed E-state index contributed by atoms with van der Waals surface area (Å²) in [6, 6.07) is 0. The minimum atomic E-state index is -0.653. The minimum Gasteiger partial charge on any atom is -0.344 e. The van der Waals surface area contributed by atoms with Crippen LogP contribution < -0.4 is 0 Å². The fraction of sp³-hybridized carbons (Fsp3) is 0.917. The average Bonchev–Trinajstić information content (AvgIpc) is 2.62. The number of rotatable bonds is 0. The SMILES string of the molecule is [CH2]C1O[C@H]2OC(C)(C)O[C@H]2[C@H]2OC(C)(C)O[C@@H]12. The average molecular weight is 243 g/mol. The molecule has 3 aliphatic heterocycles. The summed E-state index contributed by atoms with van der Waals surface area (Å²) in [6.45, 7) is 11.4. The predicted octanol–water partition coefficient (Wildman–Crippen LogP) is 1.22. The summed E-state index contributed by atoms with van der Waals surface area (Å²) < 4.78 is 28.9. The smallest absolute Gasteiger partial charge is 0.190 e. The third-order valence-electron chi connectivity index (χ3n) is 3.25. The van der Waals surface area contributed by atoms with Gasteiger partial charge in [0.2, 0.25) is 0 Å². The van der Waals surface area contributed by atoms with Crippen molar-refractivity contribution in [2.45, 2.75) is 70.0 Å². The molecule has 3 fully saturated rings. The summed E-state index contributed by atoms with van der Waals surface area (Å²) in [5.41, 5.74) is 0. The molecule has 1 radical (unpaired) electrons. The highest BCUT2D eigenvalue weighted by Crippen LogP contribution is 2.43. The second kappa shape index (κ2) is 3.42. The maximum absolute atomic E-state index is 5.88. The standard InChI is InChI=1S/C12H19O5/c1-6-7-8(15-11(2,3)14-7)9-10(13-6)17-12(4,5)16-9/h6-10H,1H2,2-5H3/t6?,7-,8-,9-,10-/m0/s1. The van der Waals surface area contributed by atoms with Gasteiger partial charge in [0.05, 0.1) is 6.10 Å². The van der Waals surface area contributed by atoms with Gasteiger partial charge in [-0.25, -0.2) is 0 Å². The van der Waals surface area contributed by atoms with Crippen LogP contribution in [0, 0.1) is 6.92 Å². The molecular formula is C12H19O5. The van der Waals surface area contributed by atoms with Crippen molar-refractivity contribution in [1.29, 1.82) is 0 Å². The van der Waals surface area contributed by atoms with Crippen LogP contribution in [-0.2, 0) is 23.7 Å². The van der Waals surface area contributed by atoms with Crippen LogP contribution >= 0.6 is 0 Å². The highest BCUT2D eigenvalue weighted by atomic mass is 16.9. The molecule has 0 bridgehead atoms. The van der Waals surface area contributed by atoms with Crippen LogP contribution in [0.15, 0.2) is 0 Å². The van der Waals surface area contributed by atoms with Gasteiger partial charge in [0.15, 0.2) is 17.9 Å². The highest BCUT2D eigenvalue weighted by Gasteiger charge is 2.59. The molecule has 0 aliphatic carbocycles. The van der Waals surface area contributed by atoms with Gasteiger partial charge in [-0.2, -0.15) is 0 Å². The van der Waals surface area contributed by atoms with E-state index in [1.807, 2.05) is 27.7 Å². The zero-order valence-corrected chi connectivity index (χ0v) is 10.6. The maximum Gasteiger partial charge on any atom is 0.190 e. The van der Waals surface area contributed by atoms with E-state index in [9.17, 15) is 0 Å². The van der Waals surface area contributed by atoms with Crippen LogP contribution in [0.25, 0.3) is 0 Å². The molecule has 3 rings (SSSR count). The number of fused-ring (bicyclic) bond motifs is 3. The molecule has 3 aliphatic rings. The highest BCUT2D eigenvalue weighted by molar-refractivity contribution is 5.00. The molecule has 5 heteroatoms. The Morgan fingerprint density at radius 3 is 2.00 bits per heavy atom. The quantitative estimate of drug-likeness (QED) is 0.640. The zero-order chi connectivity index (χ0) is 12.4. The normalized spacial score (nSPS) is 51.0. The molecule has 5 atom stereocenters. The Balaban J connectivity index is 1.86. The van der Waals surface area contributed by atoms with Crippen LogP contribution in [0.5, 0.6) is 0 Å². The molecule has 0 aromatic carbocycles. The molecule has 0 aromatic heterocycles. The van der Waals surface area contributed by atoms with Gasteiger partial charge in [-0.05, 0) is 34.6 Å². The van der Waals surface area contributed by atoms with Crippen molar-refractivity contribution in [2.75, 3.05) is 0 Å². The second-order valence-corrected chi connectivity index (χ2v) is 5.71. The molecule has 3 heterocycles. The Kier molecular flexibility index (Phi) is 2.39. The van der Waals surface area contributed by atoms with Gasteiger partial charge >= 0.3 is 0 Å². The van der Waals surface area contributed by atoms with Crippen LogP contribution in [-0.4, -0.2) is 42.3 Å². The topological polar surface area (TPSA) is 46.2 Å². The van der Waals surface area contributed by atoms with E-state index in [0.29, 0.717) is 0 Å². The van der Waals surface area contributed by atoms with Crippen LogP contribution in [0.3, 0.4) is 0 Å². The maximum atomic E-state index is 5.88. The lowest BCUT2D eigenvalue weighted by Gasteiger charge is -2.35. The Labute approximate surface area is 101 Å². The summed E-state index contributed by atoms with van der Waals surface area (Å²) in [5.74, 6) is -1.28. The molecule has 0 aromatic rings. The van der Waals surface area contributed by atoms with E-state index in [1.165, 1.54) is 0 Å². The summed E-state index contributed by atoms with van der Waals surface area (Å²) in [4.78, 5) is 0. The molecular weight excluding hydrogens is 224 g/mol. The van der Waals surface area contributed by atoms with E-state index in [4.69, 9.17) is 23.7 Å². The Morgan fingerprint density at radius 2 is 1.29 bits per heavy atom. The molecule has 5 nitrogen and oxygen atoms in total. The van der Waals surface area contributed by atoms with E-state index in [2.05, 4.69) is 6.92 Å². The lowest BCUT2D eigenvalue weighted by Crippen LogP contribution is -2.54. The van der Waals surface area contributed by atoms with Gasteiger partial charge in [0.1, 0.15) is 18.3 Å². The van der Waals surface area contributed by atoms with E-state index in [0.717, 1.165) is 0 Å². The van der Waals surface area contributed by atoms with Crippen LogP contribution in [0.4, 0.5) is 0 Å². The lowest BCUT2D eigenvalue weighted by atomic mass is 10.0. The van der Waals surface area contributed by atoms with Crippen molar-refractivity contribution < 1.29 is 23.7 Å². The number of hydrogen-bond acceptors (Lipinski definition) is 5. The largest absolute Gasteiger partial charge is 0.344 e. The van der Waals surface area contributed by atoms with Crippen molar-refractivity contribution in [1.82, 2.24) is 0 Å². The number of hydrogen-bond donors (Lipinski definition) is 0. The van der Waals surface area contributed by atoms with Crippen molar-refractivity contribution in [2.24, 2.45) is 0 Å². The van der Waals surface area contributed by atoms with Crippen molar-refractivity contribution >= 4 is 0 Å². The first-order chi connectivity index (χ1) is 7.77. The molecule has 0 spiro atoms. The van der Waals surface area contributed by atoms with E-state index < -0.39 is 17.9 Å². The molecule has 17 heavy (non-hydrogen) atoms. The molecule has 1 unspecified atom stereocenters. The van der Waals surface area contributed by atoms with Gasteiger partial charge in [-0.1, -0.05) is 0 Å². The Morgan fingerprint density at radius 1 is 0.765 bits per heavy atom. The first-order valence-corrected chi connectivity index (χ1v) is 5.97. The van der Waals surface area contributed by atoms with Crippen molar-refractivity contribution in [3.05, 3.63) is 6.92 Å². The van der Waals surface area contributed by atoms with Gasteiger partial charge in [0, 0.05) is 0 Å². The van der Waals surface area contributed by atoms with E-state index in [-0.39, 0.29) is 24.4 Å². The van der Waals surface area contributed by atoms with E-state index >= 15 is 0 Å². The van der Waals surface area contributed by atoms with E-state index in [1.54, 1.807) is 0 Å². The minimum absolute atomic E-state index is 0.187. The summed E-state index contributed by atoms with van der Waals surface area (Å²) in [7, 11) is 0. The number of ether oxygens (including phenoxy) is 5. The fourth-order valence-electron chi connectivity index (χ4n) is 2.69. The Bertz CT molecular complexity index is 327. The second-order valence-electron chi connectivity index (χ2n) is 5.71. The lowest BCUT2D eigenvalue weighted by molar-refractivity contribution is -0.223. The summed E-state index contributed by atoms with van der Waals surface area (Å²) in [6.07, 6.45) is -1.38. The predicted molar refractivity (Wildman–Crippen MR) is 57.9 cm³/mol. The third kappa shape index (κ3) is 1.90.